The quantitative estimate of drug-likeness (QED) is 0.879. The molecule has 0 spiro atoms. The number of furan rings is 1. The highest BCUT2D eigenvalue weighted by Gasteiger charge is 1.96. The van der Waals surface area contributed by atoms with Gasteiger partial charge in [0.2, 0.25) is 0 Å². The molecule has 0 bridgehead atoms. The summed E-state index contributed by atoms with van der Waals surface area (Å²) in [5, 5.41) is 3.35. The molecule has 0 amide bonds. The van der Waals surface area contributed by atoms with Crippen LogP contribution >= 0.6 is 12.4 Å². The van der Waals surface area contributed by atoms with Crippen LogP contribution in [0.2, 0.25) is 0 Å². The van der Waals surface area contributed by atoms with Crippen molar-refractivity contribution in [2.45, 2.75) is 26.4 Å². The standard InChI is InChI=1S/C14H17NO.ClH/c1-2-12-5-7-13(8-6-12)10-15-11-14-4-3-9-16-14;/h3-9,15H,2,10-11H2,1H3;1H. The largest absolute Gasteiger partial charge is 0.468 e. The number of halogens is 1. The topological polar surface area (TPSA) is 25.2 Å². The third kappa shape index (κ3) is 4.25. The van der Waals surface area contributed by atoms with E-state index in [9.17, 15) is 0 Å². The highest BCUT2D eigenvalue weighted by molar-refractivity contribution is 5.85. The maximum atomic E-state index is 5.25. The van der Waals surface area contributed by atoms with E-state index >= 15 is 0 Å². The molecule has 17 heavy (non-hydrogen) atoms. The van der Waals surface area contributed by atoms with E-state index in [1.807, 2.05) is 12.1 Å². The summed E-state index contributed by atoms with van der Waals surface area (Å²) in [6, 6.07) is 12.6. The molecule has 92 valence electrons. The number of hydrogen-bond acceptors (Lipinski definition) is 2. The van der Waals surface area contributed by atoms with Crippen LogP contribution in [0.4, 0.5) is 0 Å². The van der Waals surface area contributed by atoms with Gasteiger partial charge in [0.05, 0.1) is 12.8 Å². The molecule has 1 N–H and O–H groups in total. The highest BCUT2D eigenvalue weighted by atomic mass is 35.5. The van der Waals surface area contributed by atoms with Crippen molar-refractivity contribution < 1.29 is 4.42 Å². The van der Waals surface area contributed by atoms with Crippen molar-refractivity contribution in [1.29, 1.82) is 0 Å². The van der Waals surface area contributed by atoms with Crippen LogP contribution in [0.3, 0.4) is 0 Å². The Labute approximate surface area is 108 Å². The summed E-state index contributed by atoms with van der Waals surface area (Å²) in [7, 11) is 0. The summed E-state index contributed by atoms with van der Waals surface area (Å²) >= 11 is 0. The Kier molecular flexibility index (Phi) is 5.81. The van der Waals surface area contributed by atoms with E-state index in [-0.39, 0.29) is 12.4 Å². The molecule has 0 saturated heterocycles. The van der Waals surface area contributed by atoms with Gasteiger partial charge >= 0.3 is 0 Å². The number of aryl methyl sites for hydroxylation is 1. The fourth-order valence-corrected chi connectivity index (χ4v) is 1.64. The lowest BCUT2D eigenvalue weighted by Crippen LogP contribution is -2.11. The van der Waals surface area contributed by atoms with Crippen LogP contribution in [0, 0.1) is 0 Å². The van der Waals surface area contributed by atoms with Crippen molar-refractivity contribution in [3.63, 3.8) is 0 Å². The van der Waals surface area contributed by atoms with Crippen molar-refractivity contribution >= 4 is 12.4 Å². The highest BCUT2D eigenvalue weighted by Crippen LogP contribution is 2.05. The van der Waals surface area contributed by atoms with Gasteiger partial charge in [0.15, 0.2) is 0 Å². The van der Waals surface area contributed by atoms with Crippen molar-refractivity contribution in [2.24, 2.45) is 0 Å². The third-order valence-corrected chi connectivity index (χ3v) is 2.64. The SMILES string of the molecule is CCc1ccc(CNCc2ccco2)cc1.Cl. The van der Waals surface area contributed by atoms with Gasteiger partial charge < -0.3 is 9.73 Å². The van der Waals surface area contributed by atoms with E-state index in [4.69, 9.17) is 4.42 Å². The summed E-state index contributed by atoms with van der Waals surface area (Å²) in [5.74, 6) is 0.977. The first-order chi connectivity index (χ1) is 7.88. The number of benzene rings is 1. The predicted molar refractivity (Wildman–Crippen MR) is 72.3 cm³/mol. The lowest BCUT2D eigenvalue weighted by atomic mass is 10.1. The van der Waals surface area contributed by atoms with Crippen molar-refractivity contribution in [1.82, 2.24) is 5.32 Å². The van der Waals surface area contributed by atoms with Gasteiger partial charge in [0, 0.05) is 6.54 Å². The minimum atomic E-state index is 0. The van der Waals surface area contributed by atoms with Crippen LogP contribution in [0.15, 0.2) is 47.1 Å². The first-order valence-corrected chi connectivity index (χ1v) is 5.69. The molecule has 0 aliphatic rings. The van der Waals surface area contributed by atoms with Crippen molar-refractivity contribution in [3.05, 3.63) is 59.5 Å². The van der Waals surface area contributed by atoms with Gasteiger partial charge in [-0.05, 0) is 29.7 Å². The smallest absolute Gasteiger partial charge is 0.117 e. The maximum absolute atomic E-state index is 5.25. The Morgan fingerprint density at radius 2 is 1.71 bits per heavy atom. The van der Waals surface area contributed by atoms with Crippen LogP contribution in [-0.2, 0) is 19.5 Å². The summed E-state index contributed by atoms with van der Waals surface area (Å²) in [6.45, 7) is 3.83. The van der Waals surface area contributed by atoms with Gasteiger partial charge in [-0.3, -0.25) is 0 Å². The third-order valence-electron chi connectivity index (χ3n) is 2.64. The molecule has 2 nitrogen and oxygen atoms in total. The Balaban J connectivity index is 0.00000144. The average molecular weight is 252 g/mol. The molecule has 2 rings (SSSR count). The van der Waals surface area contributed by atoms with Gasteiger partial charge in [-0.2, -0.15) is 0 Å². The van der Waals surface area contributed by atoms with Crippen LogP contribution in [0.5, 0.6) is 0 Å². The van der Waals surface area contributed by atoms with Gasteiger partial charge in [-0.25, -0.2) is 0 Å². The van der Waals surface area contributed by atoms with Crippen molar-refractivity contribution in [2.75, 3.05) is 0 Å². The molecule has 0 saturated carbocycles. The molecule has 0 fully saturated rings. The summed E-state index contributed by atoms with van der Waals surface area (Å²) < 4.78 is 5.25. The molecular weight excluding hydrogens is 234 g/mol. The van der Waals surface area contributed by atoms with Crippen LogP contribution in [-0.4, -0.2) is 0 Å². The molecule has 3 heteroatoms. The van der Waals surface area contributed by atoms with E-state index in [0.717, 1.165) is 25.3 Å². The Bertz CT molecular complexity index is 408. The van der Waals surface area contributed by atoms with E-state index < -0.39 is 0 Å². The molecule has 0 aliphatic heterocycles. The predicted octanol–water partition coefficient (Wildman–Crippen LogP) is 3.55. The molecule has 1 aromatic heterocycles. The first-order valence-electron chi connectivity index (χ1n) is 5.69. The lowest BCUT2D eigenvalue weighted by molar-refractivity contribution is 0.483. The minimum absolute atomic E-state index is 0. The molecule has 0 radical (unpaired) electrons. The maximum Gasteiger partial charge on any atom is 0.117 e. The van der Waals surface area contributed by atoms with Gasteiger partial charge in [0.1, 0.15) is 5.76 Å². The van der Waals surface area contributed by atoms with E-state index in [0.29, 0.717) is 0 Å². The number of rotatable bonds is 5. The summed E-state index contributed by atoms with van der Waals surface area (Å²) in [5.41, 5.74) is 2.69. The summed E-state index contributed by atoms with van der Waals surface area (Å²) in [6.07, 6.45) is 2.80. The second kappa shape index (κ2) is 7.15. The zero-order chi connectivity index (χ0) is 11.2. The van der Waals surface area contributed by atoms with E-state index in [1.54, 1.807) is 6.26 Å². The second-order valence-electron chi connectivity index (χ2n) is 3.85. The minimum Gasteiger partial charge on any atom is -0.468 e. The Morgan fingerprint density at radius 1 is 1.00 bits per heavy atom. The van der Waals surface area contributed by atoms with E-state index in [2.05, 4.69) is 36.5 Å². The Morgan fingerprint density at radius 3 is 2.29 bits per heavy atom. The summed E-state index contributed by atoms with van der Waals surface area (Å²) in [4.78, 5) is 0. The number of hydrogen-bond donors (Lipinski definition) is 1. The van der Waals surface area contributed by atoms with Gasteiger partial charge in [0.25, 0.3) is 0 Å². The zero-order valence-corrected chi connectivity index (χ0v) is 10.8. The van der Waals surface area contributed by atoms with Crippen LogP contribution < -0.4 is 5.32 Å². The molecule has 0 aliphatic carbocycles. The molecule has 1 aromatic carbocycles. The van der Waals surface area contributed by atoms with Crippen LogP contribution in [0.1, 0.15) is 23.8 Å². The monoisotopic (exact) mass is 251 g/mol. The molecule has 1 heterocycles. The normalized spacial score (nSPS) is 9.94. The van der Waals surface area contributed by atoms with Gasteiger partial charge in [-0.15, -0.1) is 12.4 Å². The average Bonchev–Trinajstić information content (AvgIpc) is 2.83. The fraction of sp³-hybridized carbons (Fsp3) is 0.286. The molecule has 0 unspecified atom stereocenters. The van der Waals surface area contributed by atoms with E-state index in [1.165, 1.54) is 11.1 Å². The zero-order valence-electron chi connectivity index (χ0n) is 9.98. The molecule has 0 atom stereocenters. The number of nitrogens with one attached hydrogen (secondary N) is 1. The second-order valence-corrected chi connectivity index (χ2v) is 3.85. The Hall–Kier alpha value is -1.25. The molecular formula is C14H18ClNO. The first kappa shape index (κ1) is 13.8. The fourth-order valence-electron chi connectivity index (χ4n) is 1.64. The molecule has 2 aromatic rings. The van der Waals surface area contributed by atoms with Crippen LogP contribution in [0.25, 0.3) is 0 Å². The van der Waals surface area contributed by atoms with Crippen molar-refractivity contribution in [3.8, 4) is 0 Å². The van der Waals surface area contributed by atoms with Gasteiger partial charge in [-0.1, -0.05) is 31.2 Å². The lowest BCUT2D eigenvalue weighted by Gasteiger charge is -2.04.